The Hall–Kier alpha value is -1.21. The molecule has 0 saturated heterocycles. The molecule has 0 heterocycles. The van der Waals surface area contributed by atoms with E-state index in [9.17, 15) is 4.79 Å². The summed E-state index contributed by atoms with van der Waals surface area (Å²) in [6.45, 7) is 4.01. The van der Waals surface area contributed by atoms with Gasteiger partial charge in [0.1, 0.15) is 6.61 Å². The van der Waals surface area contributed by atoms with E-state index in [-0.39, 0.29) is 18.6 Å². The van der Waals surface area contributed by atoms with Crippen LogP contribution in [0.3, 0.4) is 0 Å². The van der Waals surface area contributed by atoms with Crippen molar-refractivity contribution >= 4 is 5.91 Å². The van der Waals surface area contributed by atoms with Crippen molar-refractivity contribution in [3.05, 3.63) is 0 Å². The molecule has 0 unspecified atom stereocenters. The molecule has 8 heteroatoms. The van der Waals surface area contributed by atoms with Gasteiger partial charge in [-0.1, -0.05) is 5.92 Å². The van der Waals surface area contributed by atoms with Gasteiger partial charge in [0.05, 0.1) is 52.9 Å². The van der Waals surface area contributed by atoms with Crippen LogP contribution in [-0.2, 0) is 23.7 Å². The van der Waals surface area contributed by atoms with Gasteiger partial charge in [-0.2, -0.15) is 0 Å². The quantitative estimate of drug-likeness (QED) is 0.219. The number of aliphatic hydroxyl groups excluding tert-OH is 1. The predicted molar refractivity (Wildman–Crippen MR) is 94.0 cm³/mol. The van der Waals surface area contributed by atoms with E-state index in [1.54, 1.807) is 0 Å². The molecule has 146 valence electrons. The third-order valence-corrected chi connectivity index (χ3v) is 3.08. The first-order valence-electron chi connectivity index (χ1n) is 8.58. The summed E-state index contributed by atoms with van der Waals surface area (Å²) in [6, 6.07) is -0.215. The van der Waals surface area contributed by atoms with E-state index >= 15 is 0 Å². The number of carbonyl (C=O) groups excluding carboxylic acids is 1. The second kappa shape index (κ2) is 19.1. The lowest BCUT2D eigenvalue weighted by molar-refractivity contribution is -0.122. The van der Waals surface area contributed by atoms with Gasteiger partial charge in [0.15, 0.2) is 0 Å². The molecule has 1 atom stereocenters. The molecule has 0 bridgehead atoms. The number of ether oxygens (including phenoxy) is 4. The van der Waals surface area contributed by atoms with Crippen molar-refractivity contribution in [1.29, 1.82) is 0 Å². The second-order valence-corrected chi connectivity index (χ2v) is 5.28. The van der Waals surface area contributed by atoms with Gasteiger partial charge < -0.3 is 35.1 Å². The van der Waals surface area contributed by atoms with Crippen LogP contribution < -0.4 is 11.1 Å². The van der Waals surface area contributed by atoms with Crippen molar-refractivity contribution in [3.8, 4) is 12.3 Å². The van der Waals surface area contributed by atoms with Gasteiger partial charge in [-0.05, 0) is 12.8 Å². The molecule has 25 heavy (non-hydrogen) atoms. The molecular weight excluding hydrogens is 328 g/mol. The van der Waals surface area contributed by atoms with Crippen molar-refractivity contribution < 1.29 is 28.8 Å². The standard InChI is InChI=1S/C17H32N2O6/c1-2-7-22-9-11-24-13-14-25-12-10-23-8-5-17(21)19-6-3-4-16(18)15-20/h1,16,20H,3-15,18H2,(H,19,21)/t16-/m0/s1. The zero-order valence-corrected chi connectivity index (χ0v) is 14.9. The van der Waals surface area contributed by atoms with E-state index in [0.29, 0.717) is 72.2 Å². The van der Waals surface area contributed by atoms with Gasteiger partial charge in [-0.15, -0.1) is 6.42 Å². The molecule has 0 rings (SSSR count). The molecule has 0 aliphatic heterocycles. The van der Waals surface area contributed by atoms with Crippen molar-refractivity contribution in [2.75, 3.05) is 66.0 Å². The van der Waals surface area contributed by atoms with Gasteiger partial charge in [-0.25, -0.2) is 0 Å². The predicted octanol–water partition coefficient (Wildman–Crippen LogP) is -0.708. The monoisotopic (exact) mass is 360 g/mol. The maximum Gasteiger partial charge on any atom is 0.222 e. The topological polar surface area (TPSA) is 112 Å². The van der Waals surface area contributed by atoms with Gasteiger partial charge in [-0.3, -0.25) is 4.79 Å². The van der Waals surface area contributed by atoms with E-state index in [2.05, 4.69) is 11.2 Å². The molecule has 0 aromatic rings. The minimum absolute atomic E-state index is 0.0308. The first-order valence-corrected chi connectivity index (χ1v) is 8.58. The molecule has 0 radical (unpaired) electrons. The first kappa shape index (κ1) is 23.8. The number of aliphatic hydroxyl groups is 1. The minimum atomic E-state index is -0.215. The summed E-state index contributed by atoms with van der Waals surface area (Å²) in [6.07, 6.45) is 6.79. The lowest BCUT2D eigenvalue weighted by Crippen LogP contribution is -2.29. The van der Waals surface area contributed by atoms with Crippen LogP contribution in [0.25, 0.3) is 0 Å². The molecule has 1 amide bonds. The molecule has 0 aliphatic carbocycles. The van der Waals surface area contributed by atoms with Gasteiger partial charge in [0.25, 0.3) is 0 Å². The summed E-state index contributed by atoms with van der Waals surface area (Å²) in [4.78, 5) is 11.5. The SMILES string of the molecule is C#CCOCCOCCOCCOCCC(=O)NCCC[C@H](N)CO. The number of rotatable bonds is 18. The summed E-state index contributed by atoms with van der Waals surface area (Å²) >= 11 is 0. The average Bonchev–Trinajstić information content (AvgIpc) is 2.62. The zero-order chi connectivity index (χ0) is 18.6. The molecule has 0 aromatic heterocycles. The molecule has 0 saturated carbocycles. The van der Waals surface area contributed by atoms with E-state index in [1.807, 2.05) is 0 Å². The number of nitrogens with one attached hydrogen (secondary N) is 1. The van der Waals surface area contributed by atoms with Crippen LogP contribution >= 0.6 is 0 Å². The molecule has 0 aliphatic rings. The lowest BCUT2D eigenvalue weighted by atomic mass is 10.2. The van der Waals surface area contributed by atoms with Crippen LogP contribution in [0.15, 0.2) is 0 Å². The average molecular weight is 360 g/mol. The van der Waals surface area contributed by atoms with E-state index in [4.69, 9.17) is 36.2 Å². The lowest BCUT2D eigenvalue weighted by Gasteiger charge is -2.09. The summed E-state index contributed by atoms with van der Waals surface area (Å²) in [5, 5.41) is 11.6. The summed E-state index contributed by atoms with van der Waals surface area (Å²) in [5.74, 6) is 2.32. The normalized spacial score (nSPS) is 11.9. The summed E-state index contributed by atoms with van der Waals surface area (Å²) in [5.41, 5.74) is 5.57. The van der Waals surface area contributed by atoms with Crippen molar-refractivity contribution in [2.24, 2.45) is 5.73 Å². The smallest absolute Gasteiger partial charge is 0.222 e. The number of hydrogen-bond acceptors (Lipinski definition) is 7. The zero-order valence-electron chi connectivity index (χ0n) is 14.9. The van der Waals surface area contributed by atoms with E-state index in [0.717, 1.165) is 6.42 Å². The fraction of sp³-hybridized carbons (Fsp3) is 0.824. The Morgan fingerprint density at radius 2 is 1.60 bits per heavy atom. The van der Waals surface area contributed by atoms with Crippen LogP contribution in [-0.4, -0.2) is 83.1 Å². The molecule has 0 aromatic carbocycles. The van der Waals surface area contributed by atoms with E-state index < -0.39 is 0 Å². The Bertz CT molecular complexity index is 349. The third-order valence-electron chi connectivity index (χ3n) is 3.08. The molecule has 8 nitrogen and oxygen atoms in total. The highest BCUT2D eigenvalue weighted by atomic mass is 16.6. The first-order chi connectivity index (χ1) is 12.2. The number of nitrogens with two attached hydrogens (primary N) is 1. The van der Waals surface area contributed by atoms with E-state index in [1.165, 1.54) is 0 Å². The maximum atomic E-state index is 11.5. The Morgan fingerprint density at radius 1 is 1.04 bits per heavy atom. The van der Waals surface area contributed by atoms with Crippen LogP contribution in [0, 0.1) is 12.3 Å². The fourth-order valence-corrected chi connectivity index (χ4v) is 1.73. The van der Waals surface area contributed by atoms with Gasteiger partial charge >= 0.3 is 0 Å². The third kappa shape index (κ3) is 19.0. The number of terminal acetylenes is 1. The highest BCUT2D eigenvalue weighted by molar-refractivity contribution is 5.75. The molecule has 0 fully saturated rings. The number of amides is 1. The molecular formula is C17H32N2O6. The number of hydrogen-bond donors (Lipinski definition) is 3. The fourth-order valence-electron chi connectivity index (χ4n) is 1.73. The highest BCUT2D eigenvalue weighted by Gasteiger charge is 2.03. The van der Waals surface area contributed by atoms with Gasteiger partial charge in [0.2, 0.25) is 5.91 Å². The Balaban J connectivity index is 3.17. The van der Waals surface area contributed by atoms with Crippen molar-refractivity contribution in [3.63, 3.8) is 0 Å². The summed E-state index contributed by atoms with van der Waals surface area (Å²) < 4.78 is 21.0. The number of carbonyl (C=O) groups is 1. The van der Waals surface area contributed by atoms with Crippen LogP contribution in [0.1, 0.15) is 19.3 Å². The Morgan fingerprint density at radius 3 is 2.16 bits per heavy atom. The maximum absolute atomic E-state index is 11.5. The van der Waals surface area contributed by atoms with Crippen LogP contribution in [0.2, 0.25) is 0 Å². The Kier molecular flexibility index (Phi) is 18.2. The van der Waals surface area contributed by atoms with Crippen molar-refractivity contribution in [1.82, 2.24) is 5.32 Å². The second-order valence-electron chi connectivity index (χ2n) is 5.28. The Labute approximate surface area is 150 Å². The largest absolute Gasteiger partial charge is 0.395 e. The van der Waals surface area contributed by atoms with Crippen LogP contribution in [0.4, 0.5) is 0 Å². The van der Waals surface area contributed by atoms with Crippen molar-refractivity contribution in [2.45, 2.75) is 25.3 Å². The van der Waals surface area contributed by atoms with Crippen LogP contribution in [0.5, 0.6) is 0 Å². The highest BCUT2D eigenvalue weighted by Crippen LogP contribution is 1.92. The summed E-state index contributed by atoms with van der Waals surface area (Å²) in [7, 11) is 0. The molecule has 0 spiro atoms. The minimum Gasteiger partial charge on any atom is -0.395 e. The van der Waals surface area contributed by atoms with Gasteiger partial charge in [0, 0.05) is 19.0 Å². The molecule has 4 N–H and O–H groups in total.